The maximum absolute atomic E-state index is 12.9. The van der Waals surface area contributed by atoms with E-state index in [9.17, 15) is 9.59 Å². The highest BCUT2D eigenvalue weighted by atomic mass is 32.2. The SMILES string of the molecule is Cc1cccc(CNC(=O)c2ccc(NC(=O)N3C[C@@H](C)Sc4ccccc43)cc2)c1. The molecule has 0 saturated heterocycles. The molecule has 4 rings (SSSR count). The topological polar surface area (TPSA) is 61.4 Å². The third-order valence-electron chi connectivity index (χ3n) is 5.10. The van der Waals surface area contributed by atoms with Crippen LogP contribution >= 0.6 is 11.8 Å². The van der Waals surface area contributed by atoms with Crippen LogP contribution < -0.4 is 15.5 Å². The van der Waals surface area contributed by atoms with E-state index in [4.69, 9.17) is 0 Å². The first-order chi connectivity index (χ1) is 15.0. The summed E-state index contributed by atoms with van der Waals surface area (Å²) < 4.78 is 0. The number of nitrogens with one attached hydrogen (secondary N) is 2. The predicted octanol–water partition coefficient (Wildman–Crippen LogP) is 5.46. The molecule has 0 radical (unpaired) electrons. The number of anilines is 2. The van der Waals surface area contributed by atoms with Gasteiger partial charge >= 0.3 is 6.03 Å². The van der Waals surface area contributed by atoms with Crippen LogP contribution in [-0.2, 0) is 6.54 Å². The Hall–Kier alpha value is -3.25. The van der Waals surface area contributed by atoms with Crippen molar-refractivity contribution in [3.05, 3.63) is 89.5 Å². The highest BCUT2D eigenvalue weighted by Gasteiger charge is 2.26. The van der Waals surface area contributed by atoms with E-state index in [0.29, 0.717) is 29.6 Å². The Morgan fingerprint density at radius 3 is 2.58 bits per heavy atom. The van der Waals surface area contributed by atoms with Crippen LogP contribution in [0.3, 0.4) is 0 Å². The fraction of sp³-hybridized carbons (Fsp3) is 0.200. The van der Waals surface area contributed by atoms with Crippen LogP contribution in [0, 0.1) is 6.92 Å². The van der Waals surface area contributed by atoms with E-state index < -0.39 is 0 Å². The maximum Gasteiger partial charge on any atom is 0.326 e. The van der Waals surface area contributed by atoms with Crippen molar-refractivity contribution < 1.29 is 9.59 Å². The predicted molar refractivity (Wildman–Crippen MR) is 127 cm³/mol. The maximum atomic E-state index is 12.9. The fourth-order valence-electron chi connectivity index (χ4n) is 3.58. The Morgan fingerprint density at radius 2 is 1.81 bits per heavy atom. The van der Waals surface area contributed by atoms with Gasteiger partial charge in [0.25, 0.3) is 5.91 Å². The molecule has 0 fully saturated rings. The average molecular weight is 432 g/mol. The van der Waals surface area contributed by atoms with Crippen molar-refractivity contribution in [2.24, 2.45) is 0 Å². The number of aryl methyl sites for hydroxylation is 1. The first kappa shape index (κ1) is 21.0. The smallest absolute Gasteiger partial charge is 0.326 e. The number of thioether (sulfide) groups is 1. The van der Waals surface area contributed by atoms with Crippen LogP contribution in [0.4, 0.5) is 16.2 Å². The molecule has 0 aromatic heterocycles. The number of hydrogen-bond donors (Lipinski definition) is 2. The number of benzene rings is 3. The van der Waals surface area contributed by atoms with Crippen molar-refractivity contribution in [3.8, 4) is 0 Å². The molecule has 3 aromatic carbocycles. The summed E-state index contributed by atoms with van der Waals surface area (Å²) in [5.74, 6) is -0.143. The van der Waals surface area contributed by atoms with Crippen LogP contribution in [0.5, 0.6) is 0 Å². The normalized spacial score (nSPS) is 15.2. The quantitative estimate of drug-likeness (QED) is 0.577. The molecule has 31 heavy (non-hydrogen) atoms. The van der Waals surface area contributed by atoms with Crippen molar-refractivity contribution in [1.82, 2.24) is 5.32 Å². The molecule has 6 heteroatoms. The lowest BCUT2D eigenvalue weighted by atomic mass is 10.1. The summed E-state index contributed by atoms with van der Waals surface area (Å²) in [6.07, 6.45) is 0. The number of amides is 3. The fourth-order valence-corrected chi connectivity index (χ4v) is 4.70. The number of urea groups is 1. The lowest BCUT2D eigenvalue weighted by Gasteiger charge is -2.32. The largest absolute Gasteiger partial charge is 0.348 e. The zero-order chi connectivity index (χ0) is 21.8. The number of hydrogen-bond acceptors (Lipinski definition) is 3. The minimum Gasteiger partial charge on any atom is -0.348 e. The van der Waals surface area contributed by atoms with E-state index in [2.05, 4.69) is 23.6 Å². The summed E-state index contributed by atoms with van der Waals surface area (Å²) in [4.78, 5) is 28.2. The molecule has 1 heterocycles. The molecule has 1 atom stereocenters. The Kier molecular flexibility index (Phi) is 6.28. The number of rotatable bonds is 4. The summed E-state index contributed by atoms with van der Waals surface area (Å²) in [6.45, 7) is 5.27. The van der Waals surface area contributed by atoms with E-state index in [1.807, 2.05) is 49.4 Å². The van der Waals surface area contributed by atoms with Crippen LogP contribution in [0.1, 0.15) is 28.4 Å². The number of fused-ring (bicyclic) bond motifs is 1. The number of para-hydroxylation sites is 1. The number of carbonyl (C=O) groups excluding carboxylic acids is 2. The molecule has 1 aliphatic rings. The molecule has 158 valence electrons. The molecular formula is C25H25N3O2S. The Bertz CT molecular complexity index is 1100. The standard InChI is InChI=1S/C25H25N3O2S/c1-17-6-5-7-19(14-17)15-26-24(29)20-10-12-21(13-11-20)27-25(30)28-16-18(2)31-23-9-4-3-8-22(23)28/h3-14,18H,15-16H2,1-2H3,(H,26,29)(H,27,30)/t18-/m1/s1. The first-order valence-corrected chi connectivity index (χ1v) is 11.2. The molecule has 1 aliphatic heterocycles. The van der Waals surface area contributed by atoms with Gasteiger partial charge in [0.2, 0.25) is 0 Å². The van der Waals surface area contributed by atoms with Crippen LogP contribution in [0.2, 0.25) is 0 Å². The Morgan fingerprint density at radius 1 is 1.03 bits per heavy atom. The van der Waals surface area contributed by atoms with Crippen LogP contribution in [0.15, 0.2) is 77.7 Å². The van der Waals surface area contributed by atoms with Gasteiger partial charge in [0.05, 0.1) is 5.69 Å². The second-order valence-corrected chi connectivity index (χ2v) is 9.17. The molecule has 2 N–H and O–H groups in total. The van der Waals surface area contributed by atoms with Crippen molar-refractivity contribution in [3.63, 3.8) is 0 Å². The summed E-state index contributed by atoms with van der Waals surface area (Å²) in [7, 11) is 0. The molecule has 0 saturated carbocycles. The van der Waals surface area contributed by atoms with E-state index in [-0.39, 0.29) is 11.9 Å². The highest BCUT2D eigenvalue weighted by molar-refractivity contribution is 8.00. The van der Waals surface area contributed by atoms with Gasteiger partial charge in [-0.15, -0.1) is 11.8 Å². The van der Waals surface area contributed by atoms with Crippen LogP contribution in [-0.4, -0.2) is 23.7 Å². The minimum absolute atomic E-state index is 0.143. The average Bonchev–Trinajstić information content (AvgIpc) is 2.77. The number of nitrogens with zero attached hydrogens (tertiary/aromatic N) is 1. The molecule has 0 unspecified atom stereocenters. The van der Waals surface area contributed by atoms with Crippen LogP contribution in [0.25, 0.3) is 0 Å². The summed E-state index contributed by atoms with van der Waals surface area (Å²) in [5.41, 5.74) is 4.36. The Labute approximate surface area is 186 Å². The van der Waals surface area contributed by atoms with Crippen molar-refractivity contribution in [2.45, 2.75) is 30.5 Å². The summed E-state index contributed by atoms with van der Waals surface area (Å²) >= 11 is 1.78. The van der Waals surface area contributed by atoms with Gasteiger partial charge in [-0.25, -0.2) is 4.79 Å². The second-order valence-electron chi connectivity index (χ2n) is 7.69. The molecule has 0 spiro atoms. The minimum atomic E-state index is -0.170. The van der Waals surface area contributed by atoms with Gasteiger partial charge in [-0.2, -0.15) is 0 Å². The van der Waals surface area contributed by atoms with E-state index >= 15 is 0 Å². The lowest BCUT2D eigenvalue weighted by molar-refractivity contribution is 0.0951. The van der Waals surface area contributed by atoms with Gasteiger partial charge in [0.15, 0.2) is 0 Å². The third-order valence-corrected chi connectivity index (χ3v) is 6.25. The molecule has 0 bridgehead atoms. The lowest BCUT2D eigenvalue weighted by Crippen LogP contribution is -2.41. The zero-order valence-corrected chi connectivity index (χ0v) is 18.4. The first-order valence-electron chi connectivity index (χ1n) is 10.3. The van der Waals surface area contributed by atoms with E-state index in [1.54, 1.807) is 40.9 Å². The van der Waals surface area contributed by atoms with Gasteiger partial charge in [-0.3, -0.25) is 9.69 Å². The van der Waals surface area contributed by atoms with Gasteiger partial charge in [-0.1, -0.05) is 48.9 Å². The summed E-state index contributed by atoms with van der Waals surface area (Å²) in [5, 5.41) is 6.20. The molecule has 3 amide bonds. The molecule has 5 nitrogen and oxygen atoms in total. The van der Waals surface area contributed by atoms with E-state index in [1.165, 1.54) is 0 Å². The van der Waals surface area contributed by atoms with E-state index in [0.717, 1.165) is 21.7 Å². The van der Waals surface area contributed by atoms with Crippen molar-refractivity contribution >= 4 is 35.1 Å². The monoisotopic (exact) mass is 431 g/mol. The Balaban J connectivity index is 1.38. The molecular weight excluding hydrogens is 406 g/mol. The van der Waals surface area contributed by atoms with Gasteiger partial charge < -0.3 is 10.6 Å². The second kappa shape index (κ2) is 9.27. The summed E-state index contributed by atoms with van der Waals surface area (Å²) in [6, 6.07) is 22.8. The highest BCUT2D eigenvalue weighted by Crippen LogP contribution is 2.38. The van der Waals surface area contributed by atoms with Gasteiger partial charge in [-0.05, 0) is 48.9 Å². The molecule has 0 aliphatic carbocycles. The zero-order valence-electron chi connectivity index (χ0n) is 17.6. The van der Waals surface area contributed by atoms with Gasteiger partial charge in [0.1, 0.15) is 0 Å². The number of carbonyl (C=O) groups is 2. The van der Waals surface area contributed by atoms with Crippen molar-refractivity contribution in [2.75, 3.05) is 16.8 Å². The molecule has 3 aromatic rings. The third kappa shape index (κ3) is 5.09. The van der Waals surface area contributed by atoms with Crippen molar-refractivity contribution in [1.29, 1.82) is 0 Å². The van der Waals surface area contributed by atoms with Gasteiger partial charge in [0, 0.05) is 34.5 Å².